The van der Waals surface area contributed by atoms with Gasteiger partial charge in [0.1, 0.15) is 5.78 Å². The lowest BCUT2D eigenvalue weighted by Crippen LogP contribution is -2.40. The Morgan fingerprint density at radius 3 is 2.29 bits per heavy atom. The molecule has 1 unspecified atom stereocenters. The van der Waals surface area contributed by atoms with Crippen LogP contribution in [0.5, 0.6) is 0 Å². The van der Waals surface area contributed by atoms with Gasteiger partial charge in [-0.05, 0) is 56.9 Å². The molecule has 24 heavy (non-hydrogen) atoms. The van der Waals surface area contributed by atoms with Crippen LogP contribution in [0.15, 0.2) is 24.3 Å². The summed E-state index contributed by atoms with van der Waals surface area (Å²) < 4.78 is 5.40. The third-order valence-electron chi connectivity index (χ3n) is 5.17. The van der Waals surface area contributed by atoms with E-state index in [1.54, 1.807) is 31.2 Å². The summed E-state index contributed by atoms with van der Waals surface area (Å²) in [6.07, 6.45) is 3.10. The van der Waals surface area contributed by atoms with Gasteiger partial charge in [0.15, 0.2) is 6.10 Å². The first-order valence-corrected chi connectivity index (χ1v) is 8.87. The molecule has 2 bridgehead atoms. The fourth-order valence-electron chi connectivity index (χ4n) is 3.84. The number of benzene rings is 1. The Kier molecular flexibility index (Phi) is 5.04. The molecule has 0 saturated heterocycles. The summed E-state index contributed by atoms with van der Waals surface area (Å²) in [4.78, 5) is 36.9. The topological polar surface area (TPSA) is 60.4 Å². The highest BCUT2D eigenvalue weighted by atomic mass is 35.5. The standard InChI is InChI=1S/C19H21ClO4/c1-11(17(21)12-5-7-16(20)8-6-12)24-19(23)15-9-13-3-2-4-14(10-15)18(13)22/h5-8,11,13-15H,2-4,9-10H2,1H3/t11-,13-,14+,15?/m0/s1. The van der Waals surface area contributed by atoms with Gasteiger partial charge in [0.25, 0.3) is 0 Å². The molecule has 3 rings (SSSR count). The second kappa shape index (κ2) is 7.06. The zero-order valence-corrected chi connectivity index (χ0v) is 14.4. The predicted octanol–water partition coefficient (Wildman–Crippen LogP) is 3.85. The van der Waals surface area contributed by atoms with Crippen molar-refractivity contribution >= 4 is 29.1 Å². The molecule has 1 aromatic rings. The number of carbonyl (C=O) groups is 3. The van der Waals surface area contributed by atoms with E-state index in [2.05, 4.69) is 0 Å². The summed E-state index contributed by atoms with van der Waals surface area (Å²) >= 11 is 5.82. The third kappa shape index (κ3) is 3.54. The van der Waals surface area contributed by atoms with E-state index >= 15 is 0 Å². The second-order valence-corrected chi connectivity index (χ2v) is 7.28. The molecule has 0 aliphatic heterocycles. The molecule has 2 saturated carbocycles. The third-order valence-corrected chi connectivity index (χ3v) is 5.42. The average molecular weight is 349 g/mol. The van der Waals surface area contributed by atoms with Crippen LogP contribution in [0.25, 0.3) is 0 Å². The minimum atomic E-state index is -0.837. The number of Topliss-reactive ketones (excluding diaryl/α,β-unsaturated/α-hetero) is 2. The normalized spacial score (nSPS) is 27.4. The van der Waals surface area contributed by atoms with Crippen LogP contribution in [0.3, 0.4) is 0 Å². The van der Waals surface area contributed by atoms with E-state index in [9.17, 15) is 14.4 Å². The highest BCUT2D eigenvalue weighted by Crippen LogP contribution is 2.40. The van der Waals surface area contributed by atoms with Crippen molar-refractivity contribution < 1.29 is 19.1 Å². The van der Waals surface area contributed by atoms with Crippen LogP contribution in [0, 0.1) is 17.8 Å². The van der Waals surface area contributed by atoms with Crippen LogP contribution < -0.4 is 0 Å². The van der Waals surface area contributed by atoms with Crippen LogP contribution in [0.4, 0.5) is 0 Å². The lowest BCUT2D eigenvalue weighted by molar-refractivity contribution is -0.155. The number of esters is 1. The lowest BCUT2D eigenvalue weighted by atomic mass is 9.67. The summed E-state index contributed by atoms with van der Waals surface area (Å²) in [5, 5.41) is 0.551. The molecule has 0 spiro atoms. The molecule has 2 aliphatic rings. The molecular formula is C19H21ClO4. The van der Waals surface area contributed by atoms with E-state index in [0.29, 0.717) is 29.2 Å². The smallest absolute Gasteiger partial charge is 0.309 e. The first kappa shape index (κ1) is 17.2. The van der Waals surface area contributed by atoms with Crippen molar-refractivity contribution in [3.05, 3.63) is 34.9 Å². The number of ketones is 2. The highest BCUT2D eigenvalue weighted by Gasteiger charge is 2.42. The number of hydrogen-bond acceptors (Lipinski definition) is 4. The van der Waals surface area contributed by atoms with E-state index in [-0.39, 0.29) is 29.5 Å². The predicted molar refractivity (Wildman–Crippen MR) is 89.9 cm³/mol. The SMILES string of the molecule is C[C@H](OC(=O)C1C[C@H]2CCC[C@@H](C1)C2=O)C(=O)c1ccc(Cl)cc1. The zero-order chi connectivity index (χ0) is 17.3. The number of ether oxygens (including phenoxy) is 1. The molecule has 0 N–H and O–H groups in total. The van der Waals surface area contributed by atoms with Gasteiger partial charge in [-0.2, -0.15) is 0 Å². The second-order valence-electron chi connectivity index (χ2n) is 6.85. The van der Waals surface area contributed by atoms with Gasteiger partial charge in [-0.15, -0.1) is 0 Å². The van der Waals surface area contributed by atoms with Crippen molar-refractivity contribution in [2.75, 3.05) is 0 Å². The molecule has 2 fully saturated rings. The Morgan fingerprint density at radius 2 is 1.71 bits per heavy atom. The fraction of sp³-hybridized carbons (Fsp3) is 0.526. The number of carbonyl (C=O) groups excluding carboxylic acids is 3. The van der Waals surface area contributed by atoms with E-state index < -0.39 is 6.10 Å². The molecule has 4 atom stereocenters. The quantitative estimate of drug-likeness (QED) is 0.612. The van der Waals surface area contributed by atoms with Crippen LogP contribution in [-0.2, 0) is 14.3 Å². The van der Waals surface area contributed by atoms with Crippen molar-refractivity contribution in [3.63, 3.8) is 0 Å². The molecule has 0 heterocycles. The summed E-state index contributed by atoms with van der Waals surface area (Å²) in [6.45, 7) is 1.59. The molecule has 128 valence electrons. The van der Waals surface area contributed by atoms with Crippen LogP contribution in [-0.4, -0.2) is 23.6 Å². The van der Waals surface area contributed by atoms with Gasteiger partial charge in [0.2, 0.25) is 5.78 Å². The van der Waals surface area contributed by atoms with Crippen LogP contribution in [0.2, 0.25) is 5.02 Å². The summed E-state index contributed by atoms with van der Waals surface area (Å²) in [5.41, 5.74) is 0.468. The maximum absolute atomic E-state index is 12.4. The summed E-state index contributed by atoms with van der Waals surface area (Å²) in [5.74, 6) is -0.551. The number of hydrogen-bond donors (Lipinski definition) is 0. The van der Waals surface area contributed by atoms with Crippen molar-refractivity contribution in [2.45, 2.75) is 45.1 Å². The maximum Gasteiger partial charge on any atom is 0.309 e. The molecule has 4 nitrogen and oxygen atoms in total. The maximum atomic E-state index is 12.4. The van der Waals surface area contributed by atoms with Gasteiger partial charge >= 0.3 is 5.97 Å². The Labute approximate surface area is 146 Å². The van der Waals surface area contributed by atoms with Crippen molar-refractivity contribution in [1.29, 1.82) is 0 Å². The van der Waals surface area contributed by atoms with E-state index in [1.807, 2.05) is 0 Å². The Morgan fingerprint density at radius 1 is 1.12 bits per heavy atom. The lowest BCUT2D eigenvalue weighted by Gasteiger charge is -2.36. The average Bonchev–Trinajstić information content (AvgIpc) is 2.54. The Bertz CT molecular complexity index is 636. The largest absolute Gasteiger partial charge is 0.454 e. The Hall–Kier alpha value is -1.68. The van der Waals surface area contributed by atoms with Gasteiger partial charge in [0.05, 0.1) is 5.92 Å². The van der Waals surface area contributed by atoms with Crippen LogP contribution >= 0.6 is 11.6 Å². The molecule has 0 aromatic heterocycles. The van der Waals surface area contributed by atoms with Crippen molar-refractivity contribution in [3.8, 4) is 0 Å². The number of rotatable bonds is 4. The van der Waals surface area contributed by atoms with Gasteiger partial charge in [-0.25, -0.2) is 0 Å². The first-order chi connectivity index (χ1) is 11.5. The molecule has 2 aliphatic carbocycles. The fourth-order valence-corrected chi connectivity index (χ4v) is 3.97. The molecule has 0 amide bonds. The highest BCUT2D eigenvalue weighted by molar-refractivity contribution is 6.30. The van der Waals surface area contributed by atoms with E-state index in [1.165, 1.54) is 0 Å². The van der Waals surface area contributed by atoms with Gasteiger partial charge in [-0.3, -0.25) is 14.4 Å². The first-order valence-electron chi connectivity index (χ1n) is 8.49. The zero-order valence-electron chi connectivity index (χ0n) is 13.7. The van der Waals surface area contributed by atoms with E-state index in [4.69, 9.17) is 16.3 Å². The van der Waals surface area contributed by atoms with Crippen molar-refractivity contribution in [1.82, 2.24) is 0 Å². The van der Waals surface area contributed by atoms with Gasteiger partial charge < -0.3 is 4.74 Å². The number of fused-ring (bicyclic) bond motifs is 2. The molecular weight excluding hydrogens is 328 g/mol. The van der Waals surface area contributed by atoms with Crippen LogP contribution in [0.1, 0.15) is 49.4 Å². The summed E-state index contributed by atoms with van der Waals surface area (Å²) in [6, 6.07) is 6.52. The molecule has 1 aromatic carbocycles. The van der Waals surface area contributed by atoms with Gasteiger partial charge in [-0.1, -0.05) is 18.0 Å². The number of halogens is 1. The summed E-state index contributed by atoms with van der Waals surface area (Å²) in [7, 11) is 0. The Balaban J connectivity index is 1.61. The van der Waals surface area contributed by atoms with Gasteiger partial charge in [0, 0.05) is 22.4 Å². The minimum Gasteiger partial charge on any atom is -0.454 e. The molecule has 5 heteroatoms. The van der Waals surface area contributed by atoms with E-state index in [0.717, 1.165) is 19.3 Å². The minimum absolute atomic E-state index is 0.00248. The molecule has 0 radical (unpaired) electrons. The monoisotopic (exact) mass is 348 g/mol. The van der Waals surface area contributed by atoms with Crippen molar-refractivity contribution in [2.24, 2.45) is 17.8 Å².